The molecule has 2 aliphatic carbocycles. The number of nitrogens with zero attached hydrogens (tertiary/aromatic N) is 1. The van der Waals surface area contributed by atoms with Gasteiger partial charge < -0.3 is 4.74 Å². The number of carbonyl (C=O) groups is 1. The molecule has 0 heterocycles. The number of rotatable bonds is 6. The van der Waals surface area contributed by atoms with Gasteiger partial charge in [0.15, 0.2) is 5.83 Å². The largest absolute Gasteiger partial charge is 0.462 e. The topological polar surface area (TPSA) is 50.1 Å². The minimum absolute atomic E-state index is 0.00187. The summed E-state index contributed by atoms with van der Waals surface area (Å²) in [6, 6.07) is 1.53. The highest BCUT2D eigenvalue weighted by atomic mass is 19.1. The van der Waals surface area contributed by atoms with E-state index in [1.54, 1.807) is 0 Å². The number of carbonyl (C=O) groups excluding carboxylic acids is 1. The Labute approximate surface area is 145 Å². The molecule has 0 amide bonds. The van der Waals surface area contributed by atoms with Crippen LogP contribution in [0.3, 0.4) is 0 Å². The van der Waals surface area contributed by atoms with Crippen molar-refractivity contribution in [3.05, 3.63) is 11.9 Å². The molecular formula is C20H30FNO2. The lowest BCUT2D eigenvalue weighted by atomic mass is 9.66. The van der Waals surface area contributed by atoms with E-state index in [-0.39, 0.29) is 23.4 Å². The van der Waals surface area contributed by atoms with Crippen LogP contribution in [0.15, 0.2) is 11.9 Å². The lowest BCUT2D eigenvalue weighted by molar-refractivity contribution is -0.157. The molecule has 134 valence electrons. The van der Waals surface area contributed by atoms with E-state index in [0.29, 0.717) is 6.42 Å². The molecule has 4 heteroatoms. The van der Waals surface area contributed by atoms with Crippen molar-refractivity contribution in [2.75, 3.05) is 0 Å². The molecule has 0 aromatic carbocycles. The van der Waals surface area contributed by atoms with Crippen molar-refractivity contribution >= 4 is 5.97 Å². The van der Waals surface area contributed by atoms with Gasteiger partial charge in [-0.05, 0) is 75.7 Å². The molecule has 0 bridgehead atoms. The average Bonchev–Trinajstić information content (AvgIpc) is 2.62. The Hall–Kier alpha value is -1.37. The Morgan fingerprint density at radius 3 is 2.50 bits per heavy atom. The Bertz CT molecular complexity index is 480. The van der Waals surface area contributed by atoms with E-state index in [2.05, 4.69) is 6.92 Å². The number of hydrogen-bond donors (Lipinski definition) is 0. The molecule has 0 radical (unpaired) electrons. The number of halogens is 1. The van der Waals surface area contributed by atoms with Crippen LogP contribution in [-0.4, -0.2) is 12.1 Å². The molecule has 0 spiro atoms. The molecular weight excluding hydrogens is 305 g/mol. The van der Waals surface area contributed by atoms with Crippen molar-refractivity contribution in [2.24, 2.45) is 11.3 Å². The third-order valence-corrected chi connectivity index (χ3v) is 6.07. The Morgan fingerprint density at radius 1 is 1.25 bits per heavy atom. The van der Waals surface area contributed by atoms with E-state index in [9.17, 15) is 9.18 Å². The van der Waals surface area contributed by atoms with E-state index < -0.39 is 5.83 Å². The lowest BCUT2D eigenvalue weighted by Gasteiger charge is -2.39. The summed E-state index contributed by atoms with van der Waals surface area (Å²) in [7, 11) is 0. The van der Waals surface area contributed by atoms with Crippen LogP contribution in [-0.2, 0) is 9.53 Å². The van der Waals surface area contributed by atoms with E-state index in [4.69, 9.17) is 10.00 Å². The molecule has 2 aliphatic rings. The summed E-state index contributed by atoms with van der Waals surface area (Å²) in [5, 5.41) is 8.48. The fraction of sp³-hybridized carbons (Fsp3) is 0.800. The average molecular weight is 335 g/mol. The van der Waals surface area contributed by atoms with Crippen LogP contribution < -0.4 is 0 Å². The first-order valence-electron chi connectivity index (χ1n) is 9.55. The highest BCUT2D eigenvalue weighted by Gasteiger charge is 2.36. The fourth-order valence-corrected chi connectivity index (χ4v) is 4.24. The molecule has 0 aromatic heterocycles. The minimum atomic E-state index is -0.689. The van der Waals surface area contributed by atoms with Gasteiger partial charge in [0.25, 0.3) is 0 Å². The zero-order valence-electron chi connectivity index (χ0n) is 14.9. The summed E-state index contributed by atoms with van der Waals surface area (Å²) in [5.41, 5.74) is 0.188. The maximum absolute atomic E-state index is 12.9. The summed E-state index contributed by atoms with van der Waals surface area (Å²) in [4.78, 5) is 12.4. The summed E-state index contributed by atoms with van der Waals surface area (Å²) in [6.07, 6.45) is 13.5. The highest BCUT2D eigenvalue weighted by Crippen LogP contribution is 2.45. The van der Waals surface area contributed by atoms with Gasteiger partial charge >= 0.3 is 5.97 Å². The minimum Gasteiger partial charge on any atom is -0.462 e. The van der Waals surface area contributed by atoms with Crippen LogP contribution >= 0.6 is 0 Å². The van der Waals surface area contributed by atoms with Gasteiger partial charge in [-0.1, -0.05) is 19.8 Å². The second-order valence-electron chi connectivity index (χ2n) is 7.53. The van der Waals surface area contributed by atoms with Gasteiger partial charge in [0.2, 0.25) is 0 Å². The second kappa shape index (κ2) is 9.20. The number of hydrogen-bond acceptors (Lipinski definition) is 3. The molecule has 0 unspecified atom stereocenters. The molecule has 0 atom stereocenters. The van der Waals surface area contributed by atoms with Crippen molar-refractivity contribution in [1.29, 1.82) is 5.26 Å². The maximum Gasteiger partial charge on any atom is 0.309 e. The fourth-order valence-electron chi connectivity index (χ4n) is 4.24. The van der Waals surface area contributed by atoms with Crippen molar-refractivity contribution in [1.82, 2.24) is 0 Å². The van der Waals surface area contributed by atoms with Crippen LogP contribution in [0.2, 0.25) is 0 Å². The normalized spacial score (nSPS) is 29.0. The van der Waals surface area contributed by atoms with Crippen LogP contribution in [0.4, 0.5) is 4.39 Å². The number of nitriles is 1. The molecule has 0 N–H and O–H groups in total. The molecule has 3 nitrogen and oxygen atoms in total. The molecule has 0 saturated heterocycles. The van der Waals surface area contributed by atoms with E-state index in [1.807, 2.05) is 0 Å². The quantitative estimate of drug-likeness (QED) is 0.468. The summed E-state index contributed by atoms with van der Waals surface area (Å²) in [5.74, 6) is -0.647. The van der Waals surface area contributed by atoms with E-state index in [0.717, 1.165) is 51.4 Å². The van der Waals surface area contributed by atoms with Crippen molar-refractivity contribution in [3.8, 4) is 6.07 Å². The number of esters is 1. The summed E-state index contributed by atoms with van der Waals surface area (Å²) in [6.45, 7) is 2.17. The molecule has 24 heavy (non-hydrogen) atoms. The van der Waals surface area contributed by atoms with Crippen molar-refractivity contribution < 1.29 is 13.9 Å². The summed E-state index contributed by atoms with van der Waals surface area (Å²) < 4.78 is 18.7. The second-order valence-corrected chi connectivity index (χ2v) is 7.53. The highest BCUT2D eigenvalue weighted by molar-refractivity contribution is 5.72. The first-order valence-corrected chi connectivity index (χ1v) is 9.55. The third kappa shape index (κ3) is 5.33. The van der Waals surface area contributed by atoms with Crippen LogP contribution in [0.25, 0.3) is 0 Å². The monoisotopic (exact) mass is 335 g/mol. The molecule has 2 saturated carbocycles. The first-order chi connectivity index (χ1) is 11.6. The third-order valence-electron chi connectivity index (χ3n) is 6.07. The SMILES string of the molecule is CC[C@]1(CCC=C(F)C#N)CC[C@@H](C(=O)OC2CCCCC2)CC1. The molecule has 2 rings (SSSR count). The van der Waals surface area contributed by atoms with Gasteiger partial charge in [-0.25, -0.2) is 0 Å². The summed E-state index contributed by atoms with van der Waals surface area (Å²) >= 11 is 0. The van der Waals surface area contributed by atoms with Gasteiger partial charge in [-0.3, -0.25) is 4.79 Å². The zero-order chi connectivity index (χ0) is 17.4. The molecule has 2 fully saturated rings. The van der Waals surface area contributed by atoms with Gasteiger partial charge in [-0.15, -0.1) is 0 Å². The van der Waals surface area contributed by atoms with Crippen LogP contribution in [0.5, 0.6) is 0 Å². The standard InChI is InChI=1S/C20H30FNO2/c1-2-20(12-6-7-17(21)15-22)13-10-16(11-14-20)19(23)24-18-8-4-3-5-9-18/h7,16,18H,2-6,8-14H2,1H3/t16-,20+. The van der Waals surface area contributed by atoms with Gasteiger partial charge in [0, 0.05) is 0 Å². The van der Waals surface area contributed by atoms with Crippen LogP contribution in [0, 0.1) is 22.7 Å². The first kappa shape index (κ1) is 19.0. The maximum atomic E-state index is 12.9. The molecule has 0 aromatic rings. The zero-order valence-corrected chi connectivity index (χ0v) is 14.9. The number of ether oxygens (including phenoxy) is 1. The van der Waals surface area contributed by atoms with Gasteiger partial charge in [0.05, 0.1) is 5.92 Å². The van der Waals surface area contributed by atoms with Crippen molar-refractivity contribution in [2.45, 2.75) is 90.1 Å². The van der Waals surface area contributed by atoms with Crippen molar-refractivity contribution in [3.63, 3.8) is 0 Å². The van der Waals surface area contributed by atoms with E-state index >= 15 is 0 Å². The molecule has 0 aliphatic heterocycles. The predicted molar refractivity (Wildman–Crippen MR) is 91.7 cm³/mol. The predicted octanol–water partition coefficient (Wildman–Crippen LogP) is 5.61. The van der Waals surface area contributed by atoms with Gasteiger partial charge in [0.1, 0.15) is 12.2 Å². The lowest BCUT2D eigenvalue weighted by Crippen LogP contribution is -2.33. The Morgan fingerprint density at radius 2 is 1.92 bits per heavy atom. The van der Waals surface area contributed by atoms with Crippen LogP contribution in [0.1, 0.15) is 84.0 Å². The number of allylic oxidation sites excluding steroid dienone is 2. The van der Waals surface area contributed by atoms with Gasteiger partial charge in [-0.2, -0.15) is 9.65 Å². The van der Waals surface area contributed by atoms with E-state index in [1.165, 1.54) is 31.4 Å². The Balaban J connectivity index is 1.79. The smallest absolute Gasteiger partial charge is 0.309 e. The Kier molecular flexibility index (Phi) is 7.27.